The summed E-state index contributed by atoms with van der Waals surface area (Å²) >= 11 is 0. The molecule has 3 N–H and O–H groups in total. The third-order valence-corrected chi connectivity index (χ3v) is 5.49. The van der Waals surface area contributed by atoms with Crippen LogP contribution in [0, 0.1) is 22.6 Å². The number of nitrogens with one attached hydrogen (secondary N) is 3. The minimum atomic E-state index is -0.826. The molecule has 4 rings (SSSR count). The Balaban J connectivity index is 1.63. The fourth-order valence-corrected chi connectivity index (χ4v) is 3.56. The lowest BCUT2D eigenvalue weighted by Gasteiger charge is -2.35. The van der Waals surface area contributed by atoms with E-state index in [1.165, 1.54) is 12.1 Å². The average molecular weight is 480 g/mol. The van der Waals surface area contributed by atoms with Crippen LogP contribution >= 0.6 is 0 Å². The predicted molar refractivity (Wildman–Crippen MR) is 125 cm³/mol. The van der Waals surface area contributed by atoms with E-state index in [2.05, 4.69) is 30.6 Å². The highest BCUT2D eigenvalue weighted by atomic mass is 19.1. The molecule has 0 aliphatic carbocycles. The highest BCUT2D eigenvalue weighted by Gasteiger charge is 2.40. The van der Waals surface area contributed by atoms with Crippen LogP contribution in [0.15, 0.2) is 36.5 Å². The van der Waals surface area contributed by atoms with Crippen molar-refractivity contribution in [3.8, 4) is 28.7 Å². The predicted octanol–water partition coefficient (Wildman–Crippen LogP) is 3.19. The van der Waals surface area contributed by atoms with Gasteiger partial charge in [0.1, 0.15) is 12.4 Å². The van der Waals surface area contributed by atoms with Crippen LogP contribution in [0.1, 0.15) is 32.4 Å². The summed E-state index contributed by atoms with van der Waals surface area (Å²) in [6, 6.07) is 9.61. The van der Waals surface area contributed by atoms with Gasteiger partial charge in [-0.05, 0) is 43.7 Å². The van der Waals surface area contributed by atoms with Crippen molar-refractivity contribution >= 4 is 11.9 Å². The number of carbonyl (C=O) groups is 1. The smallest absolute Gasteiger partial charge is 0.230 e. The molecule has 1 aliphatic rings. The minimum Gasteiger partial charge on any atom is -0.355 e. The van der Waals surface area contributed by atoms with E-state index < -0.39 is 11.7 Å². The van der Waals surface area contributed by atoms with E-state index in [4.69, 9.17) is 14.7 Å². The summed E-state index contributed by atoms with van der Waals surface area (Å²) < 4.78 is 25.4. The summed E-state index contributed by atoms with van der Waals surface area (Å²) in [5.74, 6) is 0.184. The summed E-state index contributed by atoms with van der Waals surface area (Å²) in [6.07, 6.45) is 1.57. The summed E-state index contributed by atoms with van der Waals surface area (Å²) in [6.45, 7) is 4.74. The maximum absolute atomic E-state index is 13.6. The Morgan fingerprint density at radius 2 is 2.00 bits per heavy atom. The van der Waals surface area contributed by atoms with E-state index in [0.717, 1.165) is 6.42 Å². The normalized spacial score (nSPS) is 19.7. The molecule has 0 spiro atoms. The monoisotopic (exact) mass is 479 g/mol. The summed E-state index contributed by atoms with van der Waals surface area (Å²) in [5.41, 5.74) is 1.43. The number of carbonyl (C=O) groups excluding carboxylic acids is 1. The van der Waals surface area contributed by atoms with Crippen molar-refractivity contribution < 1.29 is 18.7 Å². The number of hydrogen-bond donors (Lipinski definition) is 3. The second-order valence-corrected chi connectivity index (χ2v) is 8.40. The van der Waals surface area contributed by atoms with E-state index in [1.54, 1.807) is 31.3 Å². The van der Waals surface area contributed by atoms with Crippen LogP contribution < -0.4 is 10.6 Å². The fraction of sp³-hybridized carbons (Fsp3) is 0.375. The Kier molecular flexibility index (Phi) is 7.33. The third kappa shape index (κ3) is 5.45. The average Bonchev–Trinajstić information content (AvgIpc) is 3.32. The number of aromatic nitrogens is 4. The van der Waals surface area contributed by atoms with Crippen molar-refractivity contribution in [3.63, 3.8) is 0 Å². The molecule has 1 aliphatic heterocycles. The first-order chi connectivity index (χ1) is 16.9. The van der Waals surface area contributed by atoms with Crippen LogP contribution in [0.5, 0.6) is 0 Å². The van der Waals surface area contributed by atoms with Crippen LogP contribution in [0.3, 0.4) is 0 Å². The van der Waals surface area contributed by atoms with Gasteiger partial charge in [-0.1, -0.05) is 6.92 Å². The third-order valence-electron chi connectivity index (χ3n) is 5.49. The molecule has 1 aromatic carbocycles. The van der Waals surface area contributed by atoms with Crippen molar-refractivity contribution in [3.05, 3.63) is 48.2 Å². The standard InChI is InChI=1S/C24H26FN7O3/c1-3-10-27-22(33)24(2)13-34-21(35-14-24)20-31-18(15-4-6-16(25)7-5-15)19(32-20)17-8-11-28-23(30-17)29-12-9-26/h4-8,11,21H,3,10,12-14H2,1-2H3,(H,27,33)(H,31,32)(H,28,29,30). The zero-order valence-electron chi connectivity index (χ0n) is 19.5. The number of rotatable bonds is 8. The van der Waals surface area contributed by atoms with Crippen molar-refractivity contribution in [2.24, 2.45) is 5.41 Å². The number of halogens is 1. The Morgan fingerprint density at radius 3 is 2.69 bits per heavy atom. The number of nitrogens with zero attached hydrogens (tertiary/aromatic N) is 4. The van der Waals surface area contributed by atoms with Gasteiger partial charge < -0.3 is 25.1 Å². The van der Waals surface area contributed by atoms with Gasteiger partial charge in [-0.15, -0.1) is 0 Å². The van der Waals surface area contributed by atoms with E-state index in [9.17, 15) is 9.18 Å². The lowest BCUT2D eigenvalue weighted by Crippen LogP contribution is -2.48. The molecule has 1 fully saturated rings. The van der Waals surface area contributed by atoms with Crippen molar-refractivity contribution in [1.29, 1.82) is 5.26 Å². The highest BCUT2D eigenvalue weighted by molar-refractivity contribution is 5.82. The Bertz CT molecular complexity index is 1210. The first-order valence-corrected chi connectivity index (χ1v) is 11.2. The molecule has 0 atom stereocenters. The molecule has 0 saturated carbocycles. The summed E-state index contributed by atoms with van der Waals surface area (Å²) in [5, 5.41) is 14.5. The molecule has 182 valence electrons. The van der Waals surface area contributed by atoms with E-state index in [0.29, 0.717) is 35.0 Å². The van der Waals surface area contributed by atoms with Crippen LogP contribution in [-0.4, -0.2) is 52.1 Å². The quantitative estimate of drug-likeness (QED) is 0.419. The number of anilines is 1. The highest BCUT2D eigenvalue weighted by Crippen LogP contribution is 2.35. The van der Waals surface area contributed by atoms with Crippen LogP contribution in [-0.2, 0) is 14.3 Å². The Labute approximate surface area is 201 Å². The van der Waals surface area contributed by atoms with Crippen molar-refractivity contribution in [2.45, 2.75) is 26.6 Å². The first kappa shape index (κ1) is 24.3. The van der Waals surface area contributed by atoms with Gasteiger partial charge in [0.15, 0.2) is 5.82 Å². The molecule has 0 bridgehead atoms. The van der Waals surface area contributed by atoms with Crippen molar-refractivity contribution in [2.75, 3.05) is 31.6 Å². The van der Waals surface area contributed by atoms with Crippen molar-refractivity contribution in [1.82, 2.24) is 25.3 Å². The lowest BCUT2D eigenvalue weighted by atomic mass is 9.91. The number of benzene rings is 1. The second-order valence-electron chi connectivity index (χ2n) is 8.40. The molecule has 3 aromatic rings. The Hall–Kier alpha value is -3.88. The maximum Gasteiger partial charge on any atom is 0.230 e. The van der Waals surface area contributed by atoms with Gasteiger partial charge in [0.25, 0.3) is 0 Å². The van der Waals surface area contributed by atoms with Crippen LogP contribution in [0.2, 0.25) is 0 Å². The molecule has 0 radical (unpaired) electrons. The number of aromatic amines is 1. The number of hydrogen-bond acceptors (Lipinski definition) is 8. The fourth-order valence-electron chi connectivity index (χ4n) is 3.56. The molecular formula is C24H26FN7O3. The number of nitriles is 1. The maximum atomic E-state index is 13.6. The van der Waals surface area contributed by atoms with E-state index >= 15 is 0 Å². The van der Waals surface area contributed by atoms with Gasteiger partial charge in [-0.25, -0.2) is 19.3 Å². The molecule has 2 aromatic heterocycles. The molecular weight excluding hydrogens is 453 g/mol. The van der Waals surface area contributed by atoms with Crippen LogP contribution in [0.4, 0.5) is 10.3 Å². The zero-order chi connectivity index (χ0) is 24.8. The van der Waals surface area contributed by atoms with Gasteiger partial charge in [-0.3, -0.25) is 4.79 Å². The van der Waals surface area contributed by atoms with E-state index in [1.807, 2.05) is 13.0 Å². The van der Waals surface area contributed by atoms with Crippen LogP contribution in [0.25, 0.3) is 22.6 Å². The second kappa shape index (κ2) is 10.6. The topological polar surface area (TPSA) is 138 Å². The van der Waals surface area contributed by atoms with Gasteiger partial charge in [0.2, 0.25) is 18.1 Å². The molecule has 1 amide bonds. The Morgan fingerprint density at radius 1 is 1.26 bits per heavy atom. The van der Waals surface area contributed by atoms with Gasteiger partial charge in [-0.2, -0.15) is 5.26 Å². The molecule has 35 heavy (non-hydrogen) atoms. The molecule has 11 heteroatoms. The van der Waals surface area contributed by atoms with Gasteiger partial charge in [0.05, 0.1) is 41.8 Å². The van der Waals surface area contributed by atoms with Gasteiger partial charge in [0, 0.05) is 18.3 Å². The molecule has 10 nitrogen and oxygen atoms in total. The SMILES string of the molecule is CCCNC(=O)C1(C)COC(c2nc(-c3ccc(F)cc3)c(-c3ccnc(NCC#N)n3)[nH]2)OC1. The molecule has 1 saturated heterocycles. The zero-order valence-corrected chi connectivity index (χ0v) is 19.5. The molecule has 0 unspecified atom stereocenters. The largest absolute Gasteiger partial charge is 0.355 e. The number of ether oxygens (including phenoxy) is 2. The number of amides is 1. The minimum absolute atomic E-state index is 0.0524. The first-order valence-electron chi connectivity index (χ1n) is 11.2. The molecule has 3 heterocycles. The number of imidazole rings is 1. The summed E-state index contributed by atoms with van der Waals surface area (Å²) in [4.78, 5) is 29.0. The summed E-state index contributed by atoms with van der Waals surface area (Å²) in [7, 11) is 0. The van der Waals surface area contributed by atoms with E-state index in [-0.39, 0.29) is 37.4 Å². The van der Waals surface area contributed by atoms with Gasteiger partial charge >= 0.3 is 0 Å². The lowest BCUT2D eigenvalue weighted by molar-refractivity contribution is -0.231. The number of H-pyrrole nitrogens is 1.